The molecule has 2 aromatic rings. The fourth-order valence-corrected chi connectivity index (χ4v) is 2.20. The zero-order valence-electron chi connectivity index (χ0n) is 9.77. The quantitative estimate of drug-likeness (QED) is 0.852. The third-order valence-corrected chi connectivity index (χ3v) is 3.00. The number of hydrogen-bond acceptors (Lipinski definition) is 2. The number of nitrogens with zero attached hydrogens (tertiary/aromatic N) is 1. The maximum Gasteiger partial charge on any atom is 0.0875 e. The Kier molecular flexibility index (Phi) is 2.92. The van der Waals surface area contributed by atoms with Gasteiger partial charge in [0.15, 0.2) is 0 Å². The largest absolute Gasteiger partial charge is 0.385 e. The first-order chi connectivity index (χ1) is 7.65. The van der Waals surface area contributed by atoms with Gasteiger partial charge in [0.05, 0.1) is 5.60 Å². The molecule has 0 saturated heterocycles. The van der Waals surface area contributed by atoms with Gasteiger partial charge in [-0.15, -0.1) is 0 Å². The summed E-state index contributed by atoms with van der Waals surface area (Å²) in [6, 6.07) is 7.99. The highest BCUT2D eigenvalue weighted by molar-refractivity contribution is 5.85. The van der Waals surface area contributed by atoms with Crippen molar-refractivity contribution in [3.8, 4) is 0 Å². The van der Waals surface area contributed by atoms with E-state index in [0.717, 1.165) is 29.2 Å². The highest BCUT2D eigenvalue weighted by Crippen LogP contribution is 2.31. The van der Waals surface area contributed by atoms with E-state index in [1.54, 1.807) is 6.20 Å². The van der Waals surface area contributed by atoms with Gasteiger partial charge in [-0.05, 0) is 30.4 Å². The second-order valence-electron chi connectivity index (χ2n) is 4.43. The van der Waals surface area contributed by atoms with Crippen LogP contribution in [0.5, 0.6) is 0 Å². The number of hydrogen-bond donors (Lipinski definition) is 1. The topological polar surface area (TPSA) is 33.1 Å². The van der Waals surface area contributed by atoms with E-state index in [4.69, 9.17) is 0 Å². The van der Waals surface area contributed by atoms with E-state index >= 15 is 0 Å². The minimum absolute atomic E-state index is 0.765. The van der Waals surface area contributed by atoms with E-state index in [9.17, 15) is 5.11 Å². The predicted octanol–water partition coefficient (Wildman–Crippen LogP) is 3.24. The van der Waals surface area contributed by atoms with Crippen LogP contribution in [0.4, 0.5) is 0 Å². The van der Waals surface area contributed by atoms with Crippen LogP contribution in [0.3, 0.4) is 0 Å². The Balaban J connectivity index is 2.60. The lowest BCUT2D eigenvalue weighted by Crippen LogP contribution is -2.21. The van der Waals surface area contributed by atoms with E-state index in [1.807, 2.05) is 37.4 Å². The Hall–Kier alpha value is -1.41. The molecule has 1 atom stereocenters. The molecule has 0 bridgehead atoms. The van der Waals surface area contributed by atoms with Crippen molar-refractivity contribution in [2.75, 3.05) is 0 Å². The first-order valence-electron chi connectivity index (χ1n) is 5.71. The third kappa shape index (κ3) is 1.93. The van der Waals surface area contributed by atoms with Gasteiger partial charge in [-0.3, -0.25) is 4.98 Å². The molecule has 1 aromatic carbocycles. The van der Waals surface area contributed by atoms with Gasteiger partial charge in [0.25, 0.3) is 0 Å². The van der Waals surface area contributed by atoms with Gasteiger partial charge in [0, 0.05) is 17.8 Å². The Labute approximate surface area is 96.0 Å². The average molecular weight is 215 g/mol. The van der Waals surface area contributed by atoms with Gasteiger partial charge in [-0.25, -0.2) is 0 Å². The van der Waals surface area contributed by atoms with Gasteiger partial charge in [0.1, 0.15) is 0 Å². The molecule has 1 aromatic heterocycles. The lowest BCUT2D eigenvalue weighted by molar-refractivity contribution is 0.0485. The molecular weight excluding hydrogens is 198 g/mol. The van der Waals surface area contributed by atoms with Crippen molar-refractivity contribution in [2.24, 2.45) is 0 Å². The van der Waals surface area contributed by atoms with E-state index in [0.29, 0.717) is 0 Å². The number of aliphatic hydroxyl groups is 1. The molecular formula is C14H17NO. The number of fused-ring (bicyclic) bond motifs is 1. The third-order valence-electron chi connectivity index (χ3n) is 3.00. The summed E-state index contributed by atoms with van der Waals surface area (Å²) in [5.41, 5.74) is 0.206. The molecule has 0 amide bonds. The second kappa shape index (κ2) is 4.22. The summed E-state index contributed by atoms with van der Waals surface area (Å²) in [5, 5.41) is 12.6. The molecule has 1 heterocycles. The van der Waals surface area contributed by atoms with Crippen molar-refractivity contribution in [1.29, 1.82) is 0 Å². The molecule has 2 rings (SSSR count). The molecule has 16 heavy (non-hydrogen) atoms. The summed E-state index contributed by atoms with van der Waals surface area (Å²) in [5.74, 6) is 0. The fraction of sp³-hybridized carbons (Fsp3) is 0.357. The Morgan fingerprint density at radius 1 is 1.31 bits per heavy atom. The summed E-state index contributed by atoms with van der Waals surface area (Å²) in [6.45, 7) is 3.95. The molecule has 0 aliphatic heterocycles. The van der Waals surface area contributed by atoms with Crippen LogP contribution in [-0.4, -0.2) is 10.1 Å². The van der Waals surface area contributed by atoms with Crippen LogP contribution in [0.2, 0.25) is 0 Å². The van der Waals surface area contributed by atoms with E-state index in [1.165, 1.54) is 0 Å². The van der Waals surface area contributed by atoms with Crippen LogP contribution in [0.1, 0.15) is 32.3 Å². The molecule has 0 saturated carbocycles. The summed E-state index contributed by atoms with van der Waals surface area (Å²) < 4.78 is 0. The minimum Gasteiger partial charge on any atom is -0.385 e. The van der Waals surface area contributed by atoms with Crippen molar-refractivity contribution in [3.05, 3.63) is 42.2 Å². The Morgan fingerprint density at radius 3 is 2.88 bits per heavy atom. The number of benzene rings is 1. The first-order valence-corrected chi connectivity index (χ1v) is 5.71. The number of aromatic nitrogens is 1. The van der Waals surface area contributed by atoms with Crippen molar-refractivity contribution in [3.63, 3.8) is 0 Å². The SMILES string of the molecule is CCCC(C)(O)c1cccc2ccncc12. The molecule has 0 aliphatic rings. The van der Waals surface area contributed by atoms with Gasteiger partial charge in [-0.1, -0.05) is 31.5 Å². The highest BCUT2D eigenvalue weighted by Gasteiger charge is 2.23. The molecule has 0 spiro atoms. The van der Waals surface area contributed by atoms with Crippen molar-refractivity contribution in [2.45, 2.75) is 32.3 Å². The van der Waals surface area contributed by atoms with Crippen molar-refractivity contribution >= 4 is 10.8 Å². The monoisotopic (exact) mass is 215 g/mol. The highest BCUT2D eigenvalue weighted by atomic mass is 16.3. The maximum atomic E-state index is 10.5. The molecule has 1 unspecified atom stereocenters. The van der Waals surface area contributed by atoms with E-state index < -0.39 is 5.60 Å². The molecule has 84 valence electrons. The normalized spacial score (nSPS) is 14.9. The lowest BCUT2D eigenvalue weighted by Gasteiger charge is -2.24. The summed E-state index contributed by atoms with van der Waals surface area (Å²) in [7, 11) is 0. The van der Waals surface area contributed by atoms with Crippen molar-refractivity contribution in [1.82, 2.24) is 4.98 Å². The van der Waals surface area contributed by atoms with Gasteiger partial charge in [0.2, 0.25) is 0 Å². The van der Waals surface area contributed by atoms with Crippen LogP contribution in [-0.2, 0) is 5.60 Å². The molecule has 0 fully saturated rings. The second-order valence-corrected chi connectivity index (χ2v) is 4.43. The lowest BCUT2D eigenvalue weighted by atomic mass is 9.88. The summed E-state index contributed by atoms with van der Waals surface area (Å²) in [4.78, 5) is 4.14. The Morgan fingerprint density at radius 2 is 2.12 bits per heavy atom. The molecule has 2 nitrogen and oxygen atoms in total. The van der Waals surface area contributed by atoms with E-state index in [-0.39, 0.29) is 0 Å². The van der Waals surface area contributed by atoms with Crippen LogP contribution in [0.25, 0.3) is 10.8 Å². The fourth-order valence-electron chi connectivity index (χ4n) is 2.20. The van der Waals surface area contributed by atoms with Crippen LogP contribution in [0.15, 0.2) is 36.7 Å². The molecule has 1 N–H and O–H groups in total. The number of pyridine rings is 1. The average Bonchev–Trinajstić information content (AvgIpc) is 2.28. The summed E-state index contributed by atoms with van der Waals surface area (Å²) in [6.07, 6.45) is 5.33. The first kappa shape index (κ1) is 11.1. The van der Waals surface area contributed by atoms with Crippen LogP contribution in [0, 0.1) is 0 Å². The standard InChI is InChI=1S/C14H17NO/c1-3-8-14(2,16)13-6-4-5-11-7-9-15-10-12(11)13/h4-7,9-10,16H,3,8H2,1-2H3. The smallest absolute Gasteiger partial charge is 0.0875 e. The van der Waals surface area contributed by atoms with Gasteiger partial charge >= 0.3 is 0 Å². The Bertz CT molecular complexity index is 486. The van der Waals surface area contributed by atoms with Crippen LogP contribution < -0.4 is 0 Å². The molecule has 0 radical (unpaired) electrons. The van der Waals surface area contributed by atoms with Crippen molar-refractivity contribution < 1.29 is 5.11 Å². The van der Waals surface area contributed by atoms with E-state index in [2.05, 4.69) is 11.9 Å². The zero-order valence-corrected chi connectivity index (χ0v) is 9.77. The predicted molar refractivity (Wildman–Crippen MR) is 66.2 cm³/mol. The maximum absolute atomic E-state index is 10.5. The van der Waals surface area contributed by atoms with Gasteiger partial charge < -0.3 is 5.11 Å². The van der Waals surface area contributed by atoms with Gasteiger partial charge in [-0.2, -0.15) is 0 Å². The zero-order chi connectivity index (χ0) is 11.6. The molecule has 2 heteroatoms. The minimum atomic E-state index is -0.767. The van der Waals surface area contributed by atoms with Crippen LogP contribution >= 0.6 is 0 Å². The number of rotatable bonds is 3. The summed E-state index contributed by atoms with van der Waals surface area (Å²) >= 11 is 0. The molecule has 0 aliphatic carbocycles.